The minimum absolute atomic E-state index is 0.188. The van der Waals surface area contributed by atoms with Crippen molar-refractivity contribution in [3.63, 3.8) is 0 Å². The molecule has 0 saturated carbocycles. The molecule has 0 amide bonds. The normalized spacial score (nSPS) is 10.8. The van der Waals surface area contributed by atoms with Crippen molar-refractivity contribution in [2.75, 3.05) is 0 Å². The van der Waals surface area contributed by atoms with Crippen LogP contribution in [0, 0.1) is 5.92 Å². The highest BCUT2D eigenvalue weighted by molar-refractivity contribution is 5.94. The summed E-state index contributed by atoms with van der Waals surface area (Å²) in [6.45, 7) is 3.79. The molecule has 0 fully saturated rings. The molecule has 3 heteroatoms. The zero-order chi connectivity index (χ0) is 12.7. The highest BCUT2D eigenvalue weighted by Gasteiger charge is 2.09. The van der Waals surface area contributed by atoms with Crippen LogP contribution in [0.2, 0.25) is 0 Å². The standard InChI is InChI=1S/C14H16O3/c1-11(2)10-14(16)17-13(15)9-8-12-6-4-3-5-7-12/h3-9,11H,10H2,1-2H3. The molecule has 1 rings (SSSR count). The molecule has 0 heterocycles. The first-order valence-corrected chi connectivity index (χ1v) is 5.55. The molecule has 0 radical (unpaired) electrons. The number of benzene rings is 1. The number of hydrogen-bond acceptors (Lipinski definition) is 3. The first-order chi connectivity index (χ1) is 8.08. The molecule has 0 aliphatic carbocycles. The van der Waals surface area contributed by atoms with Gasteiger partial charge in [-0.3, -0.25) is 4.79 Å². The maximum Gasteiger partial charge on any atom is 0.338 e. The first-order valence-electron chi connectivity index (χ1n) is 5.55. The lowest BCUT2D eigenvalue weighted by molar-refractivity contribution is -0.156. The molecule has 3 nitrogen and oxygen atoms in total. The summed E-state index contributed by atoms with van der Waals surface area (Å²) in [5, 5.41) is 0. The van der Waals surface area contributed by atoms with E-state index < -0.39 is 11.9 Å². The Hall–Kier alpha value is -1.90. The fourth-order valence-corrected chi connectivity index (χ4v) is 1.25. The van der Waals surface area contributed by atoms with Gasteiger partial charge in [0.15, 0.2) is 0 Å². The number of carbonyl (C=O) groups excluding carboxylic acids is 2. The molecule has 1 aromatic rings. The van der Waals surface area contributed by atoms with Crippen LogP contribution in [0.5, 0.6) is 0 Å². The average molecular weight is 232 g/mol. The SMILES string of the molecule is CC(C)CC(=O)OC(=O)C=Cc1ccccc1. The predicted octanol–water partition coefficient (Wildman–Crippen LogP) is 2.82. The molecular formula is C14H16O3. The molecule has 1 aromatic carbocycles. The van der Waals surface area contributed by atoms with Crippen LogP contribution in [0.3, 0.4) is 0 Å². The van der Waals surface area contributed by atoms with E-state index in [2.05, 4.69) is 4.74 Å². The highest BCUT2D eigenvalue weighted by Crippen LogP contribution is 2.03. The number of esters is 2. The van der Waals surface area contributed by atoms with Crippen LogP contribution in [0.25, 0.3) is 6.08 Å². The van der Waals surface area contributed by atoms with Crippen LogP contribution in [0.1, 0.15) is 25.8 Å². The summed E-state index contributed by atoms with van der Waals surface area (Å²) in [5.41, 5.74) is 0.890. The van der Waals surface area contributed by atoms with Gasteiger partial charge in [0.25, 0.3) is 0 Å². The Balaban J connectivity index is 2.45. The van der Waals surface area contributed by atoms with Crippen LogP contribution in [0.15, 0.2) is 36.4 Å². The van der Waals surface area contributed by atoms with Gasteiger partial charge in [-0.1, -0.05) is 44.2 Å². The molecule has 0 atom stereocenters. The Morgan fingerprint density at radius 3 is 2.47 bits per heavy atom. The summed E-state index contributed by atoms with van der Waals surface area (Å²) in [4.78, 5) is 22.5. The lowest BCUT2D eigenvalue weighted by atomic mass is 10.1. The average Bonchev–Trinajstić information content (AvgIpc) is 2.26. The van der Waals surface area contributed by atoms with E-state index in [-0.39, 0.29) is 12.3 Å². The van der Waals surface area contributed by atoms with Gasteiger partial charge in [-0.15, -0.1) is 0 Å². The van der Waals surface area contributed by atoms with Gasteiger partial charge in [0.05, 0.1) is 0 Å². The van der Waals surface area contributed by atoms with Gasteiger partial charge >= 0.3 is 11.9 Å². The summed E-state index contributed by atoms with van der Waals surface area (Å²) in [6.07, 6.45) is 3.13. The summed E-state index contributed by atoms with van der Waals surface area (Å²) in [6, 6.07) is 9.35. The fraction of sp³-hybridized carbons (Fsp3) is 0.286. The zero-order valence-corrected chi connectivity index (χ0v) is 10.1. The van der Waals surface area contributed by atoms with Crippen molar-refractivity contribution in [3.8, 4) is 0 Å². The second-order valence-corrected chi connectivity index (χ2v) is 4.14. The van der Waals surface area contributed by atoms with Crippen molar-refractivity contribution in [2.45, 2.75) is 20.3 Å². The van der Waals surface area contributed by atoms with Crippen molar-refractivity contribution >= 4 is 18.0 Å². The lowest BCUT2D eigenvalue weighted by Gasteiger charge is -2.02. The quantitative estimate of drug-likeness (QED) is 0.455. The van der Waals surface area contributed by atoms with Gasteiger partial charge < -0.3 is 4.74 Å². The minimum atomic E-state index is -0.625. The molecule has 17 heavy (non-hydrogen) atoms. The highest BCUT2D eigenvalue weighted by atomic mass is 16.6. The van der Waals surface area contributed by atoms with E-state index in [4.69, 9.17) is 0 Å². The minimum Gasteiger partial charge on any atom is -0.390 e. The molecule has 0 bridgehead atoms. The van der Waals surface area contributed by atoms with Crippen molar-refractivity contribution < 1.29 is 14.3 Å². The molecule has 0 aliphatic heterocycles. The third kappa shape index (κ3) is 5.66. The number of ether oxygens (including phenoxy) is 1. The topological polar surface area (TPSA) is 43.4 Å². The molecule has 0 unspecified atom stereocenters. The maximum atomic E-state index is 11.3. The van der Waals surface area contributed by atoms with Crippen LogP contribution in [0.4, 0.5) is 0 Å². The summed E-state index contributed by atoms with van der Waals surface area (Å²) in [7, 11) is 0. The zero-order valence-electron chi connectivity index (χ0n) is 10.1. The maximum absolute atomic E-state index is 11.3. The largest absolute Gasteiger partial charge is 0.390 e. The van der Waals surface area contributed by atoms with E-state index in [0.29, 0.717) is 0 Å². The van der Waals surface area contributed by atoms with E-state index >= 15 is 0 Å². The smallest absolute Gasteiger partial charge is 0.338 e. The van der Waals surface area contributed by atoms with E-state index in [0.717, 1.165) is 5.56 Å². The fourth-order valence-electron chi connectivity index (χ4n) is 1.25. The van der Waals surface area contributed by atoms with Gasteiger partial charge in [0, 0.05) is 12.5 Å². The van der Waals surface area contributed by atoms with Gasteiger partial charge in [-0.25, -0.2) is 4.79 Å². The van der Waals surface area contributed by atoms with Gasteiger partial charge in [0.2, 0.25) is 0 Å². The van der Waals surface area contributed by atoms with Gasteiger partial charge in [0.1, 0.15) is 0 Å². The van der Waals surface area contributed by atoms with Crippen molar-refractivity contribution in [2.24, 2.45) is 5.92 Å². The molecular weight excluding hydrogens is 216 g/mol. The monoisotopic (exact) mass is 232 g/mol. The molecule has 0 aliphatic rings. The van der Waals surface area contributed by atoms with Crippen LogP contribution in [-0.2, 0) is 14.3 Å². The first kappa shape index (κ1) is 13.2. The lowest BCUT2D eigenvalue weighted by Crippen LogP contribution is -2.11. The van der Waals surface area contributed by atoms with Gasteiger partial charge in [-0.2, -0.15) is 0 Å². The Morgan fingerprint density at radius 2 is 1.88 bits per heavy atom. The van der Waals surface area contributed by atoms with Crippen LogP contribution >= 0.6 is 0 Å². The van der Waals surface area contributed by atoms with Crippen molar-refractivity contribution in [1.82, 2.24) is 0 Å². The molecule has 0 spiro atoms. The molecule has 90 valence electrons. The van der Waals surface area contributed by atoms with Crippen molar-refractivity contribution in [1.29, 1.82) is 0 Å². The Labute approximate surface area is 101 Å². The van der Waals surface area contributed by atoms with E-state index in [1.807, 2.05) is 44.2 Å². The Morgan fingerprint density at radius 1 is 1.24 bits per heavy atom. The number of hydrogen-bond donors (Lipinski definition) is 0. The third-order valence-corrected chi connectivity index (χ3v) is 2.00. The summed E-state index contributed by atoms with van der Waals surface area (Å²) in [5.74, 6) is -0.921. The Kier molecular flexibility index (Phi) is 5.14. The second kappa shape index (κ2) is 6.63. The van der Waals surface area contributed by atoms with Crippen molar-refractivity contribution in [3.05, 3.63) is 42.0 Å². The van der Waals surface area contributed by atoms with E-state index in [1.165, 1.54) is 6.08 Å². The molecule has 0 N–H and O–H groups in total. The summed E-state index contributed by atoms with van der Waals surface area (Å²) >= 11 is 0. The van der Waals surface area contributed by atoms with E-state index in [9.17, 15) is 9.59 Å². The van der Waals surface area contributed by atoms with E-state index in [1.54, 1.807) is 6.08 Å². The Bertz CT molecular complexity index is 405. The third-order valence-electron chi connectivity index (χ3n) is 2.00. The second-order valence-electron chi connectivity index (χ2n) is 4.14. The number of carbonyl (C=O) groups is 2. The van der Waals surface area contributed by atoms with Crippen LogP contribution < -0.4 is 0 Å². The summed E-state index contributed by atoms with van der Waals surface area (Å²) < 4.78 is 4.62. The molecule has 0 aromatic heterocycles. The van der Waals surface area contributed by atoms with Crippen LogP contribution in [-0.4, -0.2) is 11.9 Å². The van der Waals surface area contributed by atoms with Gasteiger partial charge in [-0.05, 0) is 17.6 Å². The predicted molar refractivity (Wildman–Crippen MR) is 66.0 cm³/mol. The molecule has 0 saturated heterocycles. The number of rotatable bonds is 4.